The highest BCUT2D eigenvalue weighted by Crippen LogP contribution is 2.55. The molecule has 0 unspecified atom stereocenters. The van der Waals surface area contributed by atoms with Gasteiger partial charge < -0.3 is 9.13 Å². The second-order valence-electron chi connectivity index (χ2n) is 17.6. The van der Waals surface area contributed by atoms with E-state index in [2.05, 4.69) is 199 Å². The van der Waals surface area contributed by atoms with E-state index in [0.717, 1.165) is 33.6 Å². The normalized spacial score (nSPS) is 12.9. The quantitative estimate of drug-likeness (QED) is 0.168. The van der Waals surface area contributed by atoms with Crippen molar-refractivity contribution in [2.45, 2.75) is 19.3 Å². The molecule has 3 heterocycles. The highest BCUT2D eigenvalue weighted by atomic mass is 15.0. The van der Waals surface area contributed by atoms with Crippen molar-refractivity contribution in [3.8, 4) is 67.8 Å². The maximum Gasteiger partial charge on any atom is 0.164 e. The number of hydrogen-bond acceptors (Lipinski definition) is 3. The average Bonchev–Trinajstić information content (AvgIpc) is 3.97. The molecule has 9 aromatic carbocycles. The lowest BCUT2D eigenvalue weighted by Crippen LogP contribution is -2.15. The largest absolute Gasteiger partial charge is 0.309 e. The van der Waals surface area contributed by atoms with Crippen LogP contribution in [0.3, 0.4) is 0 Å². The van der Waals surface area contributed by atoms with Crippen LogP contribution in [-0.2, 0) is 5.41 Å². The molecule has 0 aliphatic heterocycles. The number of fused-ring (bicyclic) bond motifs is 10. The molecular weight excluding hydrogens is 791 g/mol. The summed E-state index contributed by atoms with van der Waals surface area (Å²) in [5, 5.41) is 4.91. The van der Waals surface area contributed by atoms with Gasteiger partial charge in [-0.25, -0.2) is 15.0 Å². The van der Waals surface area contributed by atoms with Crippen molar-refractivity contribution in [1.82, 2.24) is 24.1 Å². The number of hydrogen-bond donors (Lipinski definition) is 0. The van der Waals surface area contributed by atoms with Crippen molar-refractivity contribution < 1.29 is 0 Å². The standard InChI is InChI=1S/C60H41N5/c1-60(2)49-30-15-12-28-45(49)55-50(60)37-47(40-33-34-53-48(36-40)44-27-13-16-31-51(44)64(53)42-24-10-5-11-25-42)54-46-29-14-17-32-52(46)65(56(54)55)43-26-18-23-41(35-43)59-62-57(38-19-6-3-7-20-38)61-58(63-59)39-21-8-4-9-22-39/h3-37H,1-2H3. The molecule has 0 fully saturated rings. The summed E-state index contributed by atoms with van der Waals surface area (Å²) in [7, 11) is 0. The van der Waals surface area contributed by atoms with Gasteiger partial charge in [0.05, 0.1) is 22.1 Å². The monoisotopic (exact) mass is 831 g/mol. The van der Waals surface area contributed by atoms with Crippen molar-refractivity contribution in [3.63, 3.8) is 0 Å². The Morgan fingerprint density at radius 3 is 1.60 bits per heavy atom. The summed E-state index contributed by atoms with van der Waals surface area (Å²) in [5.74, 6) is 1.91. The molecule has 0 amide bonds. The number of rotatable bonds is 6. The van der Waals surface area contributed by atoms with Crippen LogP contribution in [0.25, 0.3) is 111 Å². The summed E-state index contributed by atoms with van der Waals surface area (Å²) >= 11 is 0. The molecule has 0 spiro atoms. The minimum absolute atomic E-state index is 0.238. The summed E-state index contributed by atoms with van der Waals surface area (Å²) in [6.07, 6.45) is 0. The molecule has 0 radical (unpaired) electrons. The topological polar surface area (TPSA) is 48.5 Å². The molecule has 0 bridgehead atoms. The molecule has 0 N–H and O–H groups in total. The third-order valence-corrected chi connectivity index (χ3v) is 13.5. The smallest absolute Gasteiger partial charge is 0.164 e. The fourth-order valence-electron chi connectivity index (χ4n) is 10.5. The van der Waals surface area contributed by atoms with Crippen molar-refractivity contribution in [1.29, 1.82) is 0 Å². The Labute approximate surface area is 376 Å². The summed E-state index contributed by atoms with van der Waals surface area (Å²) < 4.78 is 4.88. The van der Waals surface area contributed by atoms with Gasteiger partial charge in [-0.2, -0.15) is 0 Å². The molecule has 0 saturated heterocycles. The molecule has 13 rings (SSSR count). The van der Waals surface area contributed by atoms with Gasteiger partial charge >= 0.3 is 0 Å². The van der Waals surface area contributed by atoms with Gasteiger partial charge in [-0.05, 0) is 82.4 Å². The van der Waals surface area contributed by atoms with Crippen molar-refractivity contribution in [3.05, 3.63) is 223 Å². The van der Waals surface area contributed by atoms with Crippen molar-refractivity contribution in [2.75, 3.05) is 0 Å². The number of benzene rings is 9. The van der Waals surface area contributed by atoms with Crippen LogP contribution in [0.5, 0.6) is 0 Å². The number of para-hydroxylation sites is 3. The predicted octanol–water partition coefficient (Wildman–Crippen LogP) is 15.0. The van der Waals surface area contributed by atoms with Crippen LogP contribution in [-0.4, -0.2) is 24.1 Å². The molecule has 5 heteroatoms. The first-order valence-electron chi connectivity index (χ1n) is 22.3. The first kappa shape index (κ1) is 37.2. The minimum Gasteiger partial charge on any atom is -0.309 e. The molecule has 306 valence electrons. The Balaban J connectivity index is 1.09. The average molecular weight is 832 g/mol. The van der Waals surface area contributed by atoms with Crippen LogP contribution in [0.2, 0.25) is 0 Å². The van der Waals surface area contributed by atoms with Gasteiger partial charge in [0.25, 0.3) is 0 Å². The summed E-state index contributed by atoms with van der Waals surface area (Å²) in [6, 6.07) is 76.0. The van der Waals surface area contributed by atoms with Crippen LogP contribution >= 0.6 is 0 Å². The Hall–Kier alpha value is -8.41. The zero-order valence-corrected chi connectivity index (χ0v) is 35.9. The van der Waals surface area contributed by atoms with E-state index in [0.29, 0.717) is 17.5 Å². The van der Waals surface area contributed by atoms with E-state index in [1.54, 1.807) is 0 Å². The molecule has 5 nitrogen and oxygen atoms in total. The fourth-order valence-corrected chi connectivity index (χ4v) is 10.5. The molecule has 1 aliphatic rings. The van der Waals surface area contributed by atoms with Gasteiger partial charge in [0.2, 0.25) is 0 Å². The van der Waals surface area contributed by atoms with Gasteiger partial charge in [-0.15, -0.1) is 0 Å². The summed E-state index contributed by atoms with van der Waals surface area (Å²) in [6.45, 7) is 4.76. The third-order valence-electron chi connectivity index (χ3n) is 13.5. The Bertz CT molecular complexity index is 3790. The van der Waals surface area contributed by atoms with Gasteiger partial charge in [-0.3, -0.25) is 0 Å². The molecule has 65 heavy (non-hydrogen) atoms. The Morgan fingerprint density at radius 1 is 0.354 bits per heavy atom. The lowest BCUT2D eigenvalue weighted by atomic mass is 9.81. The van der Waals surface area contributed by atoms with E-state index in [4.69, 9.17) is 15.0 Å². The maximum absolute atomic E-state index is 5.14. The second-order valence-corrected chi connectivity index (χ2v) is 17.6. The molecule has 1 aliphatic carbocycles. The van der Waals surface area contributed by atoms with E-state index < -0.39 is 0 Å². The number of aromatic nitrogens is 5. The van der Waals surface area contributed by atoms with Gasteiger partial charge in [0, 0.05) is 60.6 Å². The highest BCUT2D eigenvalue weighted by molar-refractivity contribution is 6.22. The second kappa shape index (κ2) is 14.3. The van der Waals surface area contributed by atoms with Crippen LogP contribution in [0.1, 0.15) is 25.0 Å². The van der Waals surface area contributed by atoms with Crippen molar-refractivity contribution in [2.24, 2.45) is 0 Å². The fraction of sp³-hybridized carbons (Fsp3) is 0.0500. The maximum atomic E-state index is 5.14. The minimum atomic E-state index is -0.238. The van der Waals surface area contributed by atoms with E-state index in [1.165, 1.54) is 71.5 Å². The zero-order valence-electron chi connectivity index (χ0n) is 35.9. The molecule has 3 aromatic heterocycles. The van der Waals surface area contributed by atoms with E-state index in [-0.39, 0.29) is 5.41 Å². The molecule has 0 saturated carbocycles. The van der Waals surface area contributed by atoms with Crippen LogP contribution in [0.15, 0.2) is 212 Å². The SMILES string of the molecule is CC1(C)c2ccccc2-c2c1cc(-c1ccc3c(c1)c1ccccc1n3-c1ccccc1)c1c3ccccc3n(-c3cccc(-c4nc(-c5ccccc5)nc(-c5ccccc5)n4)c3)c21. The van der Waals surface area contributed by atoms with Gasteiger partial charge in [-0.1, -0.05) is 172 Å². The Kier molecular flexibility index (Phi) is 8.18. The lowest BCUT2D eigenvalue weighted by molar-refractivity contribution is 0.661. The first-order valence-corrected chi connectivity index (χ1v) is 22.3. The third kappa shape index (κ3) is 5.68. The number of nitrogens with zero attached hydrogens (tertiary/aromatic N) is 5. The lowest BCUT2D eigenvalue weighted by Gasteiger charge is -2.23. The van der Waals surface area contributed by atoms with Crippen LogP contribution < -0.4 is 0 Å². The van der Waals surface area contributed by atoms with Crippen molar-refractivity contribution >= 4 is 43.6 Å². The van der Waals surface area contributed by atoms with Crippen LogP contribution in [0.4, 0.5) is 0 Å². The van der Waals surface area contributed by atoms with E-state index in [9.17, 15) is 0 Å². The molecule has 12 aromatic rings. The first-order chi connectivity index (χ1) is 32.0. The van der Waals surface area contributed by atoms with Gasteiger partial charge in [0.15, 0.2) is 17.5 Å². The van der Waals surface area contributed by atoms with E-state index >= 15 is 0 Å². The highest BCUT2D eigenvalue weighted by Gasteiger charge is 2.39. The Morgan fingerprint density at radius 2 is 0.892 bits per heavy atom. The molecular formula is C60H41N5. The summed E-state index contributed by atoms with van der Waals surface area (Å²) in [5.41, 5.74) is 17.1. The van der Waals surface area contributed by atoms with Gasteiger partial charge in [0.1, 0.15) is 0 Å². The predicted molar refractivity (Wildman–Crippen MR) is 268 cm³/mol. The zero-order chi connectivity index (χ0) is 43.2. The van der Waals surface area contributed by atoms with Crippen LogP contribution in [0, 0.1) is 0 Å². The van der Waals surface area contributed by atoms with E-state index in [1.807, 2.05) is 36.4 Å². The summed E-state index contributed by atoms with van der Waals surface area (Å²) in [4.78, 5) is 15.3. The molecule has 0 atom stereocenters.